The number of aliphatic carboxylic acids is 1. The maximum atomic E-state index is 12.9. The van der Waals surface area contributed by atoms with Gasteiger partial charge in [0.05, 0.1) is 34.4 Å². The predicted molar refractivity (Wildman–Crippen MR) is 360 cm³/mol. The number of esters is 2. The summed E-state index contributed by atoms with van der Waals surface area (Å²) < 4.78 is 23.0. The van der Waals surface area contributed by atoms with Gasteiger partial charge in [-0.1, -0.05) is 346 Å². The van der Waals surface area contributed by atoms with Crippen molar-refractivity contribution in [3.05, 3.63) is 24.3 Å². The fourth-order valence-electron chi connectivity index (χ4n) is 11.3. The van der Waals surface area contributed by atoms with Crippen LogP contribution >= 0.6 is 0 Å². The average Bonchev–Trinajstić information content (AvgIpc) is 3.52. The van der Waals surface area contributed by atoms with Crippen LogP contribution in [0, 0.1) is 0 Å². The number of nitrogens with zero attached hydrogens (tertiary/aromatic N) is 1. The normalized spacial score (nSPS) is 12.7. The van der Waals surface area contributed by atoms with E-state index in [1.807, 2.05) is 21.1 Å². The van der Waals surface area contributed by atoms with Crippen LogP contribution in [0.3, 0.4) is 0 Å². The van der Waals surface area contributed by atoms with E-state index in [9.17, 15) is 19.5 Å². The minimum absolute atomic E-state index is 0.176. The molecule has 0 fully saturated rings. The van der Waals surface area contributed by atoms with Gasteiger partial charge in [-0.05, 0) is 44.9 Å². The highest BCUT2D eigenvalue weighted by Crippen LogP contribution is 2.19. The first-order chi connectivity index (χ1) is 41.1. The van der Waals surface area contributed by atoms with Crippen LogP contribution in [0.25, 0.3) is 0 Å². The molecule has 0 aliphatic carbocycles. The van der Waals surface area contributed by atoms with Gasteiger partial charge >= 0.3 is 17.9 Å². The zero-order valence-corrected chi connectivity index (χ0v) is 56.8. The first-order valence-electron chi connectivity index (χ1n) is 37.0. The van der Waals surface area contributed by atoms with Gasteiger partial charge in [0, 0.05) is 12.8 Å². The SMILES string of the molecule is CCCCCCC/C=C\C/C=C\CCCCCCCCCCCCCCCC(=O)OC(COC(=O)CCCCCCCCCCCCCCCCCCCCCCCCCCCCCCCCCCCC)COC(OCC[N+](C)(C)C)C(=O)O. The number of quaternary nitrogens is 1. The number of carbonyl (C=O) groups is 3. The van der Waals surface area contributed by atoms with Gasteiger partial charge < -0.3 is 28.5 Å². The van der Waals surface area contributed by atoms with Gasteiger partial charge in [-0.2, -0.15) is 0 Å². The van der Waals surface area contributed by atoms with Crippen molar-refractivity contribution in [3.63, 3.8) is 0 Å². The summed E-state index contributed by atoms with van der Waals surface area (Å²) in [5, 5.41) is 9.75. The number of unbranched alkanes of at least 4 members (excludes halogenated alkanes) is 51. The van der Waals surface area contributed by atoms with Crippen molar-refractivity contribution in [3.8, 4) is 0 Å². The quantitative estimate of drug-likeness (QED) is 0.0211. The van der Waals surface area contributed by atoms with Gasteiger partial charge in [-0.15, -0.1) is 0 Å². The molecule has 0 aliphatic heterocycles. The molecular formula is C75H144NO8+. The number of hydrogen-bond acceptors (Lipinski definition) is 7. The van der Waals surface area contributed by atoms with Crippen LogP contribution in [0.4, 0.5) is 0 Å². The molecule has 0 aromatic carbocycles. The van der Waals surface area contributed by atoms with E-state index in [1.54, 1.807) is 0 Å². The lowest BCUT2D eigenvalue weighted by Gasteiger charge is -2.25. The molecule has 0 saturated carbocycles. The molecular weight excluding hydrogens is 1040 g/mol. The van der Waals surface area contributed by atoms with E-state index in [-0.39, 0.29) is 38.2 Å². The van der Waals surface area contributed by atoms with Crippen LogP contribution in [0.2, 0.25) is 0 Å². The van der Waals surface area contributed by atoms with Crippen LogP contribution in [-0.4, -0.2) is 87.4 Å². The molecule has 0 spiro atoms. The van der Waals surface area contributed by atoms with Crippen LogP contribution < -0.4 is 0 Å². The molecule has 0 bridgehead atoms. The molecule has 1 N–H and O–H groups in total. The number of likely N-dealkylation sites (N-methyl/N-ethyl adjacent to an activating group) is 1. The Morgan fingerprint density at radius 1 is 0.357 bits per heavy atom. The van der Waals surface area contributed by atoms with Crippen molar-refractivity contribution >= 4 is 17.9 Å². The fourth-order valence-corrected chi connectivity index (χ4v) is 11.3. The molecule has 0 rings (SSSR count). The van der Waals surface area contributed by atoms with Crippen LogP contribution in [0.15, 0.2) is 24.3 Å². The fraction of sp³-hybridized carbons (Fsp3) is 0.907. The maximum Gasteiger partial charge on any atom is 0.361 e. The van der Waals surface area contributed by atoms with Crippen molar-refractivity contribution in [1.82, 2.24) is 0 Å². The Labute approximate surface area is 522 Å². The summed E-state index contributed by atoms with van der Waals surface area (Å²) >= 11 is 0. The number of carboxylic acid groups (broad SMARTS) is 1. The Bertz CT molecular complexity index is 1430. The Balaban J connectivity index is 4.00. The van der Waals surface area contributed by atoms with Gasteiger partial charge in [0.25, 0.3) is 6.29 Å². The van der Waals surface area contributed by atoms with Gasteiger partial charge in [-0.25, -0.2) is 4.79 Å². The second kappa shape index (κ2) is 66.7. The molecule has 0 heterocycles. The monoisotopic (exact) mass is 1190 g/mol. The Kier molecular flexibility index (Phi) is 64.9. The molecule has 2 atom stereocenters. The third-order valence-corrected chi connectivity index (χ3v) is 17.0. The molecule has 0 radical (unpaired) electrons. The number of carboxylic acids is 1. The maximum absolute atomic E-state index is 12.9. The number of carbonyl (C=O) groups excluding carboxylic acids is 2. The molecule has 0 saturated heterocycles. The lowest BCUT2D eigenvalue weighted by Crippen LogP contribution is -2.40. The minimum atomic E-state index is -1.51. The molecule has 9 nitrogen and oxygen atoms in total. The second-order valence-corrected chi connectivity index (χ2v) is 26.6. The first-order valence-corrected chi connectivity index (χ1v) is 37.0. The summed E-state index contributed by atoms with van der Waals surface area (Å²) in [6.07, 6.45) is 80.3. The van der Waals surface area contributed by atoms with E-state index < -0.39 is 18.4 Å². The smallest absolute Gasteiger partial charge is 0.361 e. The Hall–Kier alpha value is -2.23. The topological polar surface area (TPSA) is 108 Å². The van der Waals surface area contributed by atoms with Crippen LogP contribution in [0.5, 0.6) is 0 Å². The summed E-state index contributed by atoms with van der Waals surface area (Å²) in [6, 6.07) is 0. The molecule has 2 unspecified atom stereocenters. The van der Waals surface area contributed by atoms with E-state index >= 15 is 0 Å². The van der Waals surface area contributed by atoms with Crippen molar-refractivity contribution in [2.75, 3.05) is 47.5 Å². The summed E-state index contributed by atoms with van der Waals surface area (Å²) in [5.74, 6) is -1.98. The Morgan fingerprint density at radius 3 is 0.940 bits per heavy atom. The lowest BCUT2D eigenvalue weighted by atomic mass is 10.0. The van der Waals surface area contributed by atoms with Crippen molar-refractivity contribution in [2.45, 2.75) is 392 Å². The summed E-state index contributed by atoms with van der Waals surface area (Å²) in [7, 11) is 5.99. The van der Waals surface area contributed by atoms with Crippen LogP contribution in [-0.2, 0) is 33.3 Å². The molecule has 0 aliphatic rings. The van der Waals surface area contributed by atoms with E-state index in [2.05, 4.69) is 38.2 Å². The highest BCUT2D eigenvalue weighted by Gasteiger charge is 2.25. The standard InChI is InChI=1S/C75H143NO8/c1-6-8-10-12-14-16-18-20-22-24-26-28-30-32-33-34-35-36-37-38-39-40-42-43-45-47-49-51-53-55-57-59-61-63-65-72(77)82-69-71(70-83-75(74(79)80)81-68-67-76(3,4)5)84-73(78)66-64-62-60-58-56-54-52-50-48-46-44-41-31-29-27-25-23-21-19-17-15-13-11-9-7-2/h19,21,25,27,71,75H,6-18,20,22-24,26,28-70H2,1-5H3/p+1/b21-19-,27-25-. The summed E-state index contributed by atoms with van der Waals surface area (Å²) in [4.78, 5) is 37.6. The van der Waals surface area contributed by atoms with Gasteiger partial charge in [0.15, 0.2) is 6.10 Å². The van der Waals surface area contributed by atoms with E-state index in [0.29, 0.717) is 17.4 Å². The number of rotatable bonds is 70. The van der Waals surface area contributed by atoms with Crippen molar-refractivity contribution in [1.29, 1.82) is 0 Å². The summed E-state index contributed by atoms with van der Waals surface area (Å²) in [5.41, 5.74) is 0. The molecule has 0 aromatic rings. The molecule has 0 amide bonds. The van der Waals surface area contributed by atoms with Crippen molar-refractivity contribution < 1.29 is 42.9 Å². The third kappa shape index (κ3) is 67.3. The molecule has 496 valence electrons. The van der Waals surface area contributed by atoms with Gasteiger partial charge in [-0.3, -0.25) is 9.59 Å². The highest BCUT2D eigenvalue weighted by atomic mass is 16.7. The largest absolute Gasteiger partial charge is 0.477 e. The zero-order chi connectivity index (χ0) is 61.2. The number of allylic oxidation sites excluding steroid dienone is 4. The minimum Gasteiger partial charge on any atom is -0.477 e. The Morgan fingerprint density at radius 2 is 0.643 bits per heavy atom. The molecule has 9 heteroatoms. The lowest BCUT2D eigenvalue weighted by molar-refractivity contribution is -0.870. The highest BCUT2D eigenvalue weighted by molar-refractivity contribution is 5.71. The number of hydrogen-bond donors (Lipinski definition) is 1. The van der Waals surface area contributed by atoms with Crippen molar-refractivity contribution in [2.24, 2.45) is 0 Å². The predicted octanol–water partition coefficient (Wildman–Crippen LogP) is 23.0. The van der Waals surface area contributed by atoms with Crippen LogP contribution in [0.1, 0.15) is 380 Å². The number of ether oxygens (including phenoxy) is 4. The van der Waals surface area contributed by atoms with E-state index in [0.717, 1.165) is 44.9 Å². The zero-order valence-electron chi connectivity index (χ0n) is 56.8. The second-order valence-electron chi connectivity index (χ2n) is 26.6. The third-order valence-electron chi connectivity index (χ3n) is 17.0. The average molecular weight is 1190 g/mol. The van der Waals surface area contributed by atoms with Gasteiger partial charge in [0.2, 0.25) is 0 Å². The first kappa shape index (κ1) is 81.8. The van der Waals surface area contributed by atoms with E-state index in [1.165, 1.54) is 308 Å². The van der Waals surface area contributed by atoms with E-state index in [4.69, 9.17) is 18.9 Å². The summed E-state index contributed by atoms with van der Waals surface area (Å²) in [6.45, 7) is 4.94. The van der Waals surface area contributed by atoms with Gasteiger partial charge in [0.1, 0.15) is 13.2 Å². The molecule has 84 heavy (non-hydrogen) atoms. The molecule has 0 aromatic heterocycles.